The van der Waals surface area contributed by atoms with E-state index in [4.69, 9.17) is 0 Å². The first kappa shape index (κ1) is 34.7. The number of hydrogen-bond donors (Lipinski definition) is 0. The largest absolute Gasteiger partial charge is 0.310 e. The molecule has 0 spiro atoms. The van der Waals surface area contributed by atoms with Crippen LogP contribution in [0.1, 0.15) is 56.2 Å². The molecule has 0 N–H and O–H groups in total. The predicted molar refractivity (Wildman–Crippen MR) is 235 cm³/mol. The molecule has 8 aromatic rings. The van der Waals surface area contributed by atoms with E-state index in [1.807, 2.05) is 0 Å². The molecule has 8 rings (SSSR count). The van der Waals surface area contributed by atoms with Gasteiger partial charge >= 0.3 is 0 Å². The molecule has 0 aliphatic heterocycles. The molecule has 0 unspecified atom stereocenters. The van der Waals surface area contributed by atoms with E-state index >= 15 is 0 Å². The Morgan fingerprint density at radius 2 is 0.830 bits per heavy atom. The monoisotopic (exact) mass is 706 g/mol. The SMILES string of the molecule is Cc1cccc(N(c2ccccc2)c2cc(C(C)C)c3ccc4c(N(c5ccccc5)c5cccc([Si](C)(C)C)c5)cc(C(C)C)c5ccc2c3c54)c1. The highest BCUT2D eigenvalue weighted by molar-refractivity contribution is 6.88. The van der Waals surface area contributed by atoms with Gasteiger partial charge in [0.2, 0.25) is 0 Å². The maximum Gasteiger partial charge on any atom is 0.0776 e. The van der Waals surface area contributed by atoms with Crippen LogP contribution in [-0.2, 0) is 0 Å². The first-order chi connectivity index (χ1) is 25.5. The molecule has 0 atom stereocenters. The van der Waals surface area contributed by atoms with E-state index in [1.54, 1.807) is 0 Å². The quantitative estimate of drug-likeness (QED) is 0.109. The molecule has 0 saturated carbocycles. The number of aryl methyl sites for hydroxylation is 1. The molecule has 0 aromatic heterocycles. The number of rotatable bonds is 9. The fourth-order valence-corrected chi connectivity index (χ4v) is 9.40. The first-order valence-corrected chi connectivity index (χ1v) is 22.7. The van der Waals surface area contributed by atoms with Crippen LogP contribution in [0.2, 0.25) is 19.6 Å². The molecule has 0 bridgehead atoms. The molecule has 3 heteroatoms. The highest BCUT2D eigenvalue weighted by Gasteiger charge is 2.26. The smallest absolute Gasteiger partial charge is 0.0776 e. The summed E-state index contributed by atoms with van der Waals surface area (Å²) in [5, 5.41) is 9.39. The number of benzene rings is 8. The van der Waals surface area contributed by atoms with E-state index in [0.29, 0.717) is 11.8 Å². The number of hydrogen-bond acceptors (Lipinski definition) is 2. The van der Waals surface area contributed by atoms with Gasteiger partial charge in [-0.3, -0.25) is 0 Å². The lowest BCUT2D eigenvalue weighted by Crippen LogP contribution is -2.37. The van der Waals surface area contributed by atoms with Crippen molar-refractivity contribution in [2.45, 2.75) is 66.1 Å². The molecule has 53 heavy (non-hydrogen) atoms. The second kappa shape index (κ2) is 13.5. The molecule has 0 fully saturated rings. The third-order valence-corrected chi connectivity index (χ3v) is 12.9. The first-order valence-electron chi connectivity index (χ1n) is 19.2. The number of anilines is 6. The molecular formula is C50H50N2Si. The highest BCUT2D eigenvalue weighted by Crippen LogP contribution is 2.50. The Balaban J connectivity index is 1.51. The van der Waals surface area contributed by atoms with Crippen molar-refractivity contribution >= 4 is 79.7 Å². The maximum absolute atomic E-state index is 2.51. The van der Waals surface area contributed by atoms with Gasteiger partial charge in [-0.15, -0.1) is 0 Å². The van der Waals surface area contributed by atoms with E-state index in [1.165, 1.54) is 82.6 Å². The Bertz CT molecular complexity index is 2560. The van der Waals surface area contributed by atoms with Gasteiger partial charge in [0.15, 0.2) is 0 Å². The van der Waals surface area contributed by atoms with Gasteiger partial charge in [-0.2, -0.15) is 0 Å². The zero-order valence-electron chi connectivity index (χ0n) is 32.4. The van der Waals surface area contributed by atoms with Crippen molar-refractivity contribution in [3.05, 3.63) is 162 Å². The van der Waals surface area contributed by atoms with Crippen molar-refractivity contribution in [1.29, 1.82) is 0 Å². The Hall–Kier alpha value is -5.38. The van der Waals surface area contributed by atoms with Crippen molar-refractivity contribution < 1.29 is 0 Å². The molecule has 2 nitrogen and oxygen atoms in total. The minimum Gasteiger partial charge on any atom is -0.310 e. The zero-order chi connectivity index (χ0) is 37.0. The molecule has 0 radical (unpaired) electrons. The zero-order valence-corrected chi connectivity index (χ0v) is 33.4. The summed E-state index contributed by atoms with van der Waals surface area (Å²) < 4.78 is 0. The van der Waals surface area contributed by atoms with Gasteiger partial charge in [-0.1, -0.05) is 137 Å². The van der Waals surface area contributed by atoms with Crippen molar-refractivity contribution in [2.24, 2.45) is 0 Å². The lowest BCUT2D eigenvalue weighted by atomic mass is 9.84. The van der Waals surface area contributed by atoms with Crippen LogP contribution in [-0.4, -0.2) is 8.07 Å². The lowest BCUT2D eigenvalue weighted by molar-refractivity contribution is 0.875. The average molecular weight is 707 g/mol. The summed E-state index contributed by atoms with van der Waals surface area (Å²) in [4.78, 5) is 4.97. The van der Waals surface area contributed by atoms with Crippen LogP contribution in [0.3, 0.4) is 0 Å². The third kappa shape index (κ3) is 6.17. The van der Waals surface area contributed by atoms with E-state index < -0.39 is 8.07 Å². The molecular weight excluding hydrogens is 657 g/mol. The van der Waals surface area contributed by atoms with Crippen LogP contribution in [0.25, 0.3) is 32.3 Å². The van der Waals surface area contributed by atoms with Gasteiger partial charge in [0.05, 0.1) is 19.4 Å². The molecule has 0 aliphatic carbocycles. The molecule has 0 saturated heterocycles. The number of para-hydroxylation sites is 2. The Morgan fingerprint density at radius 3 is 1.26 bits per heavy atom. The maximum atomic E-state index is 2.51. The Labute approximate surface area is 316 Å². The summed E-state index contributed by atoms with van der Waals surface area (Å²) in [5.74, 6) is 0.670. The van der Waals surface area contributed by atoms with Crippen LogP contribution in [0.4, 0.5) is 34.1 Å². The molecule has 264 valence electrons. The van der Waals surface area contributed by atoms with E-state index in [0.717, 1.165) is 5.69 Å². The summed E-state index contributed by atoms with van der Waals surface area (Å²) >= 11 is 0. The minimum atomic E-state index is -1.57. The van der Waals surface area contributed by atoms with Gasteiger partial charge in [-0.05, 0) is 118 Å². The van der Waals surface area contributed by atoms with Crippen LogP contribution < -0.4 is 15.0 Å². The van der Waals surface area contributed by atoms with Crippen LogP contribution in [0.5, 0.6) is 0 Å². The summed E-state index contributed by atoms with van der Waals surface area (Å²) in [6, 6.07) is 54.6. The Kier molecular flexibility index (Phi) is 8.87. The van der Waals surface area contributed by atoms with Crippen molar-refractivity contribution in [3.8, 4) is 0 Å². The van der Waals surface area contributed by atoms with E-state index in [-0.39, 0.29) is 0 Å². The third-order valence-electron chi connectivity index (χ3n) is 10.9. The van der Waals surface area contributed by atoms with Crippen molar-refractivity contribution in [1.82, 2.24) is 0 Å². The second-order valence-corrected chi connectivity index (χ2v) is 21.4. The van der Waals surface area contributed by atoms with E-state index in [2.05, 4.69) is 210 Å². The van der Waals surface area contributed by atoms with Gasteiger partial charge in [0.1, 0.15) is 0 Å². The summed E-state index contributed by atoms with van der Waals surface area (Å²) in [5.41, 5.74) is 11.1. The fourth-order valence-electron chi connectivity index (χ4n) is 8.22. The summed E-state index contributed by atoms with van der Waals surface area (Å²) in [6.07, 6.45) is 0. The van der Waals surface area contributed by atoms with Gasteiger partial charge in [0, 0.05) is 33.5 Å². The van der Waals surface area contributed by atoms with Gasteiger partial charge in [0.25, 0.3) is 0 Å². The minimum absolute atomic E-state index is 0.335. The van der Waals surface area contributed by atoms with Crippen LogP contribution >= 0.6 is 0 Å². The normalized spacial score (nSPS) is 12.1. The fraction of sp³-hybridized carbons (Fsp3) is 0.200. The van der Waals surface area contributed by atoms with Crippen molar-refractivity contribution in [3.63, 3.8) is 0 Å². The number of nitrogens with zero attached hydrogens (tertiary/aromatic N) is 2. The molecule has 0 amide bonds. The second-order valence-electron chi connectivity index (χ2n) is 16.3. The summed E-state index contributed by atoms with van der Waals surface area (Å²) in [6.45, 7) is 18.8. The topological polar surface area (TPSA) is 6.48 Å². The van der Waals surface area contributed by atoms with Gasteiger partial charge in [-0.25, -0.2) is 0 Å². The summed E-state index contributed by atoms with van der Waals surface area (Å²) in [7, 11) is -1.57. The van der Waals surface area contributed by atoms with Crippen LogP contribution in [0.15, 0.2) is 146 Å². The molecule has 0 heterocycles. The predicted octanol–water partition coefficient (Wildman–Crippen LogP) is 14.6. The average Bonchev–Trinajstić information content (AvgIpc) is 3.15. The highest BCUT2D eigenvalue weighted by atomic mass is 28.3. The Morgan fingerprint density at radius 1 is 0.415 bits per heavy atom. The van der Waals surface area contributed by atoms with Crippen molar-refractivity contribution in [2.75, 3.05) is 9.80 Å². The molecule has 8 aromatic carbocycles. The van der Waals surface area contributed by atoms with Crippen LogP contribution in [0, 0.1) is 6.92 Å². The molecule has 0 aliphatic rings. The van der Waals surface area contributed by atoms with Gasteiger partial charge < -0.3 is 9.80 Å². The van der Waals surface area contributed by atoms with E-state index in [9.17, 15) is 0 Å². The standard InChI is InChI=1S/C50H50N2Si/c1-33(2)45-31-47(51(36-18-11-9-12-19-36)38-22-15-17-35(5)29-38)43-27-25-42-46(34(3)4)32-48(44-28-26-41(45)49(43)50(42)44)52(37-20-13-10-14-21-37)39-23-16-24-40(30-39)53(6,7)8/h9-34H,1-8H3. The lowest BCUT2D eigenvalue weighted by Gasteiger charge is -2.32.